The maximum absolute atomic E-state index is 14.2. The van der Waals surface area contributed by atoms with Gasteiger partial charge in [-0.1, -0.05) is 6.07 Å². The molecule has 1 fully saturated rings. The average molecular weight is 564 g/mol. The Balaban J connectivity index is 1.65. The van der Waals surface area contributed by atoms with Crippen LogP contribution < -0.4 is 20.7 Å². The van der Waals surface area contributed by atoms with Gasteiger partial charge in [0.05, 0.1) is 31.3 Å². The highest BCUT2D eigenvalue weighted by molar-refractivity contribution is 7.91. The number of halogens is 1. The predicted molar refractivity (Wildman–Crippen MR) is 139 cm³/mol. The summed E-state index contributed by atoms with van der Waals surface area (Å²) in [4.78, 5) is 27.3. The monoisotopic (exact) mass is 563 g/mol. The number of aryl methyl sites for hydroxylation is 1. The van der Waals surface area contributed by atoms with Gasteiger partial charge in [0.15, 0.2) is 11.6 Å². The summed E-state index contributed by atoms with van der Waals surface area (Å²) >= 11 is 0.832. The Morgan fingerprint density at radius 2 is 1.92 bits per heavy atom. The molecule has 1 aliphatic carbocycles. The second-order valence-electron chi connectivity index (χ2n) is 9.57. The highest BCUT2D eigenvalue weighted by Gasteiger charge is 2.41. The molecule has 3 heterocycles. The van der Waals surface area contributed by atoms with Crippen LogP contribution in [0.15, 0.2) is 50.5 Å². The predicted octanol–water partition coefficient (Wildman–Crippen LogP) is 1.40. The topological polar surface area (TPSA) is 137 Å². The third-order valence-electron chi connectivity index (χ3n) is 6.30. The zero-order valence-corrected chi connectivity index (χ0v) is 22.3. The van der Waals surface area contributed by atoms with Gasteiger partial charge in [-0.3, -0.25) is 18.6 Å². The highest BCUT2D eigenvalue weighted by atomic mass is 32.2. The Kier molecular flexibility index (Phi) is 6.75. The summed E-state index contributed by atoms with van der Waals surface area (Å²) in [5.74, 6) is -0.730. The zero-order valence-electron chi connectivity index (χ0n) is 20.7. The summed E-state index contributed by atoms with van der Waals surface area (Å²) in [5.41, 5.74) is -0.692. The molecular weight excluding hydrogens is 537 g/mol. The summed E-state index contributed by atoms with van der Waals surface area (Å²) in [6, 6.07) is 5.35. The van der Waals surface area contributed by atoms with Crippen molar-refractivity contribution in [2.75, 3.05) is 13.2 Å². The maximum Gasteiger partial charge on any atom is 0.332 e. The zero-order chi connectivity index (χ0) is 27.2. The number of benzene rings is 1. The quantitative estimate of drug-likeness (QED) is 0.298. The van der Waals surface area contributed by atoms with Crippen LogP contribution in [0.5, 0.6) is 5.75 Å². The van der Waals surface area contributed by atoms with Crippen LogP contribution in [0.1, 0.15) is 30.9 Å². The third kappa shape index (κ3) is 5.16. The van der Waals surface area contributed by atoms with Crippen molar-refractivity contribution in [2.24, 2.45) is 7.05 Å². The molecule has 11 nitrogen and oxygen atoms in total. The number of nitrogens with one attached hydrogen (secondary N) is 1. The van der Waals surface area contributed by atoms with Gasteiger partial charge in [0.25, 0.3) is 15.6 Å². The standard InChI is InChI=1S/C24H26FN5O6S2/c1-24(5-6-24)27-38(34,35)20-10-17-21(32)29(14-16-11-26-28(2)12-16)23(33)30(22(17)37-20)13-15-3-4-18(25)19(9-15)36-8-7-31/h3-4,9-12,27,31H,5-8,13-14H2,1-2H3. The van der Waals surface area contributed by atoms with E-state index in [-0.39, 0.29) is 46.5 Å². The van der Waals surface area contributed by atoms with Crippen LogP contribution in [0.2, 0.25) is 0 Å². The second-order valence-corrected chi connectivity index (χ2v) is 12.5. The van der Waals surface area contributed by atoms with E-state index in [0.29, 0.717) is 24.0 Å². The summed E-state index contributed by atoms with van der Waals surface area (Å²) in [5, 5.41) is 13.2. The molecule has 0 saturated heterocycles. The van der Waals surface area contributed by atoms with Crippen LogP contribution in [0.3, 0.4) is 0 Å². The third-order valence-corrected chi connectivity index (χ3v) is 9.57. The molecule has 0 radical (unpaired) electrons. The lowest BCUT2D eigenvalue weighted by Crippen LogP contribution is -2.40. The van der Waals surface area contributed by atoms with Gasteiger partial charge in [-0.25, -0.2) is 22.3 Å². The smallest absolute Gasteiger partial charge is 0.332 e. The first-order valence-corrected chi connectivity index (χ1v) is 14.1. The molecule has 202 valence electrons. The number of hydrogen-bond donors (Lipinski definition) is 2. The summed E-state index contributed by atoms with van der Waals surface area (Å²) < 4.78 is 52.1. The number of thiophene rings is 1. The molecule has 1 aliphatic rings. The van der Waals surface area contributed by atoms with Crippen LogP contribution in [-0.4, -0.2) is 51.2 Å². The second kappa shape index (κ2) is 9.76. The molecule has 1 saturated carbocycles. The first kappa shape index (κ1) is 26.3. The van der Waals surface area contributed by atoms with Crippen LogP contribution >= 0.6 is 11.3 Å². The number of ether oxygens (including phenoxy) is 1. The molecule has 0 atom stereocenters. The minimum atomic E-state index is -3.93. The van der Waals surface area contributed by atoms with E-state index in [4.69, 9.17) is 9.84 Å². The molecule has 0 spiro atoms. The van der Waals surface area contributed by atoms with Crippen molar-refractivity contribution in [1.82, 2.24) is 23.6 Å². The Morgan fingerprint density at radius 3 is 2.58 bits per heavy atom. The van der Waals surface area contributed by atoms with E-state index in [2.05, 4.69) is 9.82 Å². The molecule has 3 aromatic heterocycles. The summed E-state index contributed by atoms with van der Waals surface area (Å²) in [7, 11) is -2.22. The average Bonchev–Trinajstić information content (AvgIpc) is 3.23. The number of rotatable bonds is 10. The number of fused-ring (bicyclic) bond motifs is 1. The number of aliphatic hydroxyl groups excluding tert-OH is 1. The number of sulfonamides is 1. The molecule has 4 aromatic rings. The van der Waals surface area contributed by atoms with Gasteiger partial charge >= 0.3 is 5.69 Å². The molecule has 0 aliphatic heterocycles. The Bertz CT molecular complexity index is 1750. The van der Waals surface area contributed by atoms with Gasteiger partial charge in [-0.2, -0.15) is 5.10 Å². The van der Waals surface area contributed by atoms with Crippen LogP contribution in [0.25, 0.3) is 10.2 Å². The van der Waals surface area contributed by atoms with Gasteiger partial charge in [0.1, 0.15) is 15.6 Å². The lowest BCUT2D eigenvalue weighted by molar-refractivity contribution is 0.196. The van der Waals surface area contributed by atoms with Crippen LogP contribution in [-0.2, 0) is 30.2 Å². The van der Waals surface area contributed by atoms with Crippen molar-refractivity contribution in [3.05, 3.63) is 74.4 Å². The lowest BCUT2D eigenvalue weighted by Gasteiger charge is -2.13. The Labute approximate surface area is 220 Å². The molecule has 5 rings (SSSR count). The highest BCUT2D eigenvalue weighted by Crippen LogP contribution is 2.37. The largest absolute Gasteiger partial charge is 0.488 e. The number of nitrogens with zero attached hydrogens (tertiary/aromatic N) is 4. The van der Waals surface area contributed by atoms with Gasteiger partial charge < -0.3 is 9.84 Å². The maximum atomic E-state index is 14.2. The van der Waals surface area contributed by atoms with Gasteiger partial charge in [-0.15, -0.1) is 11.3 Å². The molecule has 1 aromatic carbocycles. The van der Waals surface area contributed by atoms with Crippen molar-refractivity contribution < 1.29 is 22.7 Å². The first-order chi connectivity index (χ1) is 18.0. The van der Waals surface area contributed by atoms with Crippen molar-refractivity contribution in [1.29, 1.82) is 0 Å². The van der Waals surface area contributed by atoms with Crippen molar-refractivity contribution >= 4 is 31.6 Å². The van der Waals surface area contributed by atoms with E-state index in [1.54, 1.807) is 24.9 Å². The number of aliphatic hydroxyl groups is 1. The van der Waals surface area contributed by atoms with Gasteiger partial charge in [0, 0.05) is 24.3 Å². The first-order valence-electron chi connectivity index (χ1n) is 11.8. The SMILES string of the molecule is Cn1cc(Cn2c(=O)c3cc(S(=O)(=O)NC4(C)CC4)sc3n(Cc3ccc(F)c(OCCO)c3)c2=O)cn1. The Hall–Kier alpha value is -3.33. The van der Waals surface area contributed by atoms with E-state index < -0.39 is 32.6 Å². The fourth-order valence-electron chi connectivity index (χ4n) is 4.08. The molecule has 14 heteroatoms. The molecule has 2 N–H and O–H groups in total. The summed E-state index contributed by atoms with van der Waals surface area (Å²) in [6.07, 6.45) is 4.64. The van der Waals surface area contributed by atoms with Gasteiger partial charge in [-0.05, 0) is 43.5 Å². The molecule has 38 heavy (non-hydrogen) atoms. The van der Waals surface area contributed by atoms with E-state index in [0.717, 1.165) is 15.9 Å². The number of aromatic nitrogens is 4. The van der Waals surface area contributed by atoms with Crippen LogP contribution in [0.4, 0.5) is 4.39 Å². The normalized spacial score (nSPS) is 14.7. The van der Waals surface area contributed by atoms with Crippen molar-refractivity contribution in [3.8, 4) is 5.75 Å². The number of hydrogen-bond acceptors (Lipinski definition) is 8. The molecule has 0 amide bonds. The lowest BCUT2D eigenvalue weighted by atomic mass is 10.2. The minimum absolute atomic E-state index is 0.0655. The van der Waals surface area contributed by atoms with E-state index in [1.165, 1.54) is 35.0 Å². The minimum Gasteiger partial charge on any atom is -0.488 e. The van der Waals surface area contributed by atoms with E-state index >= 15 is 0 Å². The van der Waals surface area contributed by atoms with Crippen LogP contribution in [0, 0.1) is 5.82 Å². The molecule has 0 unspecified atom stereocenters. The fourth-order valence-corrected chi connectivity index (χ4v) is 6.99. The van der Waals surface area contributed by atoms with E-state index in [9.17, 15) is 22.4 Å². The van der Waals surface area contributed by atoms with Gasteiger partial charge in [0.2, 0.25) is 0 Å². The fraction of sp³-hybridized carbons (Fsp3) is 0.375. The van der Waals surface area contributed by atoms with E-state index in [1.807, 2.05) is 0 Å². The molecule has 0 bridgehead atoms. The molecular formula is C24H26FN5O6S2. The summed E-state index contributed by atoms with van der Waals surface area (Å²) in [6.45, 7) is 1.24. The van der Waals surface area contributed by atoms with Crippen molar-refractivity contribution in [2.45, 2.75) is 42.6 Å². The van der Waals surface area contributed by atoms with Crippen molar-refractivity contribution in [3.63, 3.8) is 0 Å². The Morgan fingerprint density at radius 1 is 1.18 bits per heavy atom.